The smallest absolute Gasteiger partial charge is 0.253 e. The van der Waals surface area contributed by atoms with Gasteiger partial charge in [-0.05, 0) is 0 Å². The number of halogens is 1. The molecule has 0 aliphatic rings. The van der Waals surface area contributed by atoms with Gasteiger partial charge < -0.3 is 13.9 Å². The monoisotopic (exact) mass is 255 g/mol. The highest BCUT2D eigenvalue weighted by atomic mass is 35.5. The zero-order valence-corrected chi connectivity index (χ0v) is 10.1. The van der Waals surface area contributed by atoms with Gasteiger partial charge in [0.15, 0.2) is 0 Å². The van der Waals surface area contributed by atoms with Gasteiger partial charge >= 0.3 is 0 Å². The molecule has 90 valence electrons. The highest BCUT2D eigenvalue weighted by Gasteiger charge is 2.14. The molecular formula is C10H10ClN3O3. The molecule has 0 unspecified atom stereocenters. The Morgan fingerprint density at radius 3 is 2.88 bits per heavy atom. The first kappa shape index (κ1) is 11.8. The Labute approximate surface area is 103 Å². The molecule has 0 bridgehead atoms. The number of methoxy groups -OCH3 is 2. The van der Waals surface area contributed by atoms with Crippen LogP contribution >= 0.6 is 11.6 Å². The van der Waals surface area contributed by atoms with Crippen LogP contribution in [0.3, 0.4) is 0 Å². The van der Waals surface area contributed by atoms with Crippen molar-refractivity contribution in [1.82, 2.24) is 15.2 Å². The average molecular weight is 256 g/mol. The van der Waals surface area contributed by atoms with E-state index >= 15 is 0 Å². The lowest BCUT2D eigenvalue weighted by atomic mass is 10.2. The van der Waals surface area contributed by atoms with E-state index in [1.54, 1.807) is 13.2 Å². The zero-order valence-electron chi connectivity index (χ0n) is 9.31. The molecule has 7 heteroatoms. The van der Waals surface area contributed by atoms with Gasteiger partial charge in [-0.2, -0.15) is 0 Å². The number of nitrogens with zero attached hydrogens (tertiary/aromatic N) is 3. The maximum Gasteiger partial charge on any atom is 0.253 e. The summed E-state index contributed by atoms with van der Waals surface area (Å²) in [6.07, 6.45) is 1.52. The molecule has 0 N–H and O–H groups in total. The van der Waals surface area contributed by atoms with Crippen molar-refractivity contribution in [1.29, 1.82) is 0 Å². The third-order valence-corrected chi connectivity index (χ3v) is 2.22. The van der Waals surface area contributed by atoms with E-state index < -0.39 is 0 Å². The summed E-state index contributed by atoms with van der Waals surface area (Å²) < 4.78 is 15.4. The fourth-order valence-corrected chi connectivity index (χ4v) is 1.43. The Morgan fingerprint density at radius 1 is 1.35 bits per heavy atom. The first-order valence-corrected chi connectivity index (χ1v) is 5.13. The molecular weight excluding hydrogens is 246 g/mol. The van der Waals surface area contributed by atoms with E-state index in [2.05, 4.69) is 15.2 Å². The van der Waals surface area contributed by atoms with Crippen LogP contribution in [0, 0.1) is 0 Å². The van der Waals surface area contributed by atoms with E-state index in [0.29, 0.717) is 28.2 Å². The number of ether oxygens (including phenoxy) is 2. The van der Waals surface area contributed by atoms with Crippen molar-refractivity contribution < 1.29 is 13.9 Å². The molecule has 17 heavy (non-hydrogen) atoms. The van der Waals surface area contributed by atoms with Gasteiger partial charge in [0.25, 0.3) is 5.89 Å². The third kappa shape index (κ3) is 2.54. The topological polar surface area (TPSA) is 70.3 Å². The predicted molar refractivity (Wildman–Crippen MR) is 59.8 cm³/mol. The van der Waals surface area contributed by atoms with Gasteiger partial charge in [0, 0.05) is 19.4 Å². The van der Waals surface area contributed by atoms with Crippen molar-refractivity contribution in [2.45, 2.75) is 6.61 Å². The maximum atomic E-state index is 5.76. The summed E-state index contributed by atoms with van der Waals surface area (Å²) in [6.45, 7) is 0.260. The lowest BCUT2D eigenvalue weighted by Gasteiger charge is -2.03. The first-order chi connectivity index (χ1) is 8.24. The molecule has 0 atom stereocenters. The van der Waals surface area contributed by atoms with Gasteiger partial charge in [0.2, 0.25) is 5.89 Å². The standard InChI is InChI=1S/C10H10ClN3O3/c1-15-5-9-13-14-10(17-9)6-4-12-8(11)3-7(6)16-2/h3-4H,5H2,1-2H3. The van der Waals surface area contributed by atoms with Gasteiger partial charge in [0.05, 0.1) is 12.7 Å². The number of hydrogen-bond donors (Lipinski definition) is 0. The van der Waals surface area contributed by atoms with Crippen LogP contribution in [-0.4, -0.2) is 29.4 Å². The lowest BCUT2D eigenvalue weighted by Crippen LogP contribution is -1.90. The molecule has 0 aromatic carbocycles. The molecule has 2 heterocycles. The Morgan fingerprint density at radius 2 is 2.18 bits per heavy atom. The van der Waals surface area contributed by atoms with E-state index in [9.17, 15) is 0 Å². The summed E-state index contributed by atoms with van der Waals surface area (Å²) in [5.41, 5.74) is 0.590. The maximum absolute atomic E-state index is 5.76. The molecule has 0 fully saturated rings. The highest BCUT2D eigenvalue weighted by Crippen LogP contribution is 2.29. The Hall–Kier alpha value is -1.66. The Bertz CT molecular complexity index is 515. The molecule has 0 saturated carbocycles. The Balaban J connectivity index is 2.37. The summed E-state index contributed by atoms with van der Waals surface area (Å²) in [6, 6.07) is 1.58. The van der Waals surface area contributed by atoms with Crippen LogP contribution in [0.1, 0.15) is 5.89 Å². The van der Waals surface area contributed by atoms with Crippen LogP contribution in [0.15, 0.2) is 16.7 Å². The number of hydrogen-bond acceptors (Lipinski definition) is 6. The van der Waals surface area contributed by atoms with Gasteiger partial charge in [0.1, 0.15) is 17.5 Å². The van der Waals surface area contributed by atoms with Crippen molar-refractivity contribution in [3.8, 4) is 17.2 Å². The quantitative estimate of drug-likeness (QED) is 0.778. The van der Waals surface area contributed by atoms with E-state index in [-0.39, 0.29) is 6.61 Å². The summed E-state index contributed by atoms with van der Waals surface area (Å²) in [5.74, 6) is 1.23. The lowest BCUT2D eigenvalue weighted by molar-refractivity contribution is 0.160. The second kappa shape index (κ2) is 5.11. The molecule has 0 radical (unpaired) electrons. The van der Waals surface area contributed by atoms with E-state index in [1.165, 1.54) is 13.3 Å². The van der Waals surface area contributed by atoms with Crippen LogP contribution in [0.25, 0.3) is 11.5 Å². The van der Waals surface area contributed by atoms with Crippen LogP contribution in [0.2, 0.25) is 5.15 Å². The molecule has 0 amide bonds. The summed E-state index contributed by atoms with van der Waals surface area (Å²) in [5, 5.41) is 8.04. The average Bonchev–Trinajstić information content (AvgIpc) is 2.78. The highest BCUT2D eigenvalue weighted by molar-refractivity contribution is 6.29. The van der Waals surface area contributed by atoms with Crippen molar-refractivity contribution in [2.24, 2.45) is 0 Å². The SMILES string of the molecule is COCc1nnc(-c2cnc(Cl)cc2OC)o1. The van der Waals surface area contributed by atoms with Gasteiger partial charge in [-0.3, -0.25) is 0 Å². The van der Waals surface area contributed by atoms with E-state index in [4.69, 9.17) is 25.5 Å². The summed E-state index contributed by atoms with van der Waals surface area (Å²) >= 11 is 5.76. The third-order valence-electron chi connectivity index (χ3n) is 2.02. The van der Waals surface area contributed by atoms with Crippen molar-refractivity contribution in [3.05, 3.63) is 23.3 Å². The Kier molecular flexibility index (Phi) is 3.55. The van der Waals surface area contributed by atoms with Crippen LogP contribution in [0.4, 0.5) is 0 Å². The van der Waals surface area contributed by atoms with Crippen LogP contribution in [-0.2, 0) is 11.3 Å². The molecule has 0 saturated heterocycles. The van der Waals surface area contributed by atoms with Gasteiger partial charge in [-0.25, -0.2) is 4.98 Å². The largest absolute Gasteiger partial charge is 0.496 e. The van der Waals surface area contributed by atoms with Crippen LogP contribution in [0.5, 0.6) is 5.75 Å². The molecule has 0 aliphatic carbocycles. The molecule has 6 nitrogen and oxygen atoms in total. The summed E-state index contributed by atoms with van der Waals surface area (Å²) in [7, 11) is 3.08. The van der Waals surface area contributed by atoms with E-state index in [1.807, 2.05) is 0 Å². The predicted octanol–water partition coefficient (Wildman–Crippen LogP) is 1.94. The minimum Gasteiger partial charge on any atom is -0.496 e. The van der Waals surface area contributed by atoms with Gasteiger partial charge in [-0.1, -0.05) is 11.6 Å². The minimum absolute atomic E-state index is 0.260. The van der Waals surface area contributed by atoms with Crippen molar-refractivity contribution >= 4 is 11.6 Å². The normalized spacial score (nSPS) is 10.5. The second-order valence-corrected chi connectivity index (χ2v) is 3.53. The molecule has 0 spiro atoms. The number of pyridine rings is 1. The number of aromatic nitrogens is 3. The second-order valence-electron chi connectivity index (χ2n) is 3.14. The fraction of sp³-hybridized carbons (Fsp3) is 0.300. The van der Waals surface area contributed by atoms with Gasteiger partial charge in [-0.15, -0.1) is 10.2 Å². The van der Waals surface area contributed by atoms with Crippen molar-refractivity contribution in [3.63, 3.8) is 0 Å². The molecule has 2 rings (SSSR count). The molecule has 0 aliphatic heterocycles. The number of rotatable bonds is 4. The van der Waals surface area contributed by atoms with Crippen molar-refractivity contribution in [2.75, 3.05) is 14.2 Å². The fourth-order valence-electron chi connectivity index (χ4n) is 1.29. The minimum atomic E-state index is 0.260. The van der Waals surface area contributed by atoms with Crippen LogP contribution < -0.4 is 4.74 Å². The zero-order chi connectivity index (χ0) is 12.3. The molecule has 2 aromatic rings. The molecule has 2 aromatic heterocycles. The van der Waals surface area contributed by atoms with E-state index in [0.717, 1.165) is 0 Å². The first-order valence-electron chi connectivity index (χ1n) is 4.76. The summed E-state index contributed by atoms with van der Waals surface area (Å²) in [4.78, 5) is 3.95.